The quantitative estimate of drug-likeness (QED) is 0.633. The molecule has 4 N–H and O–H groups in total. The van der Waals surface area contributed by atoms with E-state index in [1.165, 1.54) is 10.5 Å². The fourth-order valence-corrected chi connectivity index (χ4v) is 3.82. The molecule has 18 heavy (non-hydrogen) atoms. The van der Waals surface area contributed by atoms with E-state index >= 15 is 0 Å². The molecular weight excluding hydrogens is 260 g/mol. The molecule has 0 saturated carbocycles. The second-order valence-electron chi connectivity index (χ2n) is 5.07. The van der Waals surface area contributed by atoms with E-state index in [-0.39, 0.29) is 0 Å². The van der Waals surface area contributed by atoms with Crippen molar-refractivity contribution in [2.24, 2.45) is 0 Å². The van der Waals surface area contributed by atoms with Crippen LogP contribution in [-0.4, -0.2) is 10.5 Å². The Kier molecular flexibility index (Phi) is 5.29. The first-order chi connectivity index (χ1) is 8.25. The van der Waals surface area contributed by atoms with Gasteiger partial charge in [-0.3, -0.25) is 0 Å². The highest BCUT2D eigenvalue weighted by Gasteiger charge is 2.18. The Morgan fingerprint density at radius 1 is 0.722 bits per heavy atom. The zero-order chi connectivity index (χ0) is 14.0. The van der Waals surface area contributed by atoms with Gasteiger partial charge in [-0.2, -0.15) is 0 Å². The minimum absolute atomic E-state index is 0.480. The van der Waals surface area contributed by atoms with Gasteiger partial charge in [0, 0.05) is 15.4 Å². The lowest BCUT2D eigenvalue weighted by atomic mass is 10.1. The Morgan fingerprint density at radius 2 is 1.17 bits per heavy atom. The van der Waals surface area contributed by atoms with Crippen LogP contribution < -0.4 is 11.5 Å². The monoisotopic (exact) mass is 284 g/mol. The van der Waals surface area contributed by atoms with Gasteiger partial charge < -0.3 is 11.5 Å². The first-order valence-corrected chi connectivity index (χ1v) is 8.03. The molecule has 0 heterocycles. The largest absolute Gasteiger partial charge is 0.398 e. The van der Waals surface area contributed by atoms with Crippen molar-refractivity contribution in [3.63, 3.8) is 0 Å². The summed E-state index contributed by atoms with van der Waals surface area (Å²) in [4.78, 5) is 2.25. The molecule has 0 fully saturated rings. The summed E-state index contributed by atoms with van der Waals surface area (Å²) in [6.45, 7) is 12.9. The second kappa shape index (κ2) is 6.11. The molecule has 0 aliphatic carbocycles. The summed E-state index contributed by atoms with van der Waals surface area (Å²) in [5, 5.41) is 1.000. The van der Waals surface area contributed by atoms with Crippen LogP contribution in [0.4, 0.5) is 11.4 Å². The van der Waals surface area contributed by atoms with Gasteiger partial charge >= 0.3 is 0 Å². The van der Waals surface area contributed by atoms with Gasteiger partial charge in [0.15, 0.2) is 0 Å². The number of hydrogen-bond acceptors (Lipinski definition) is 4. The highest BCUT2D eigenvalue weighted by Crippen LogP contribution is 2.44. The number of anilines is 2. The topological polar surface area (TPSA) is 52.0 Å². The predicted octanol–water partition coefficient (Wildman–Crippen LogP) is 4.47. The summed E-state index contributed by atoms with van der Waals surface area (Å²) >= 11 is 3.57. The first kappa shape index (κ1) is 15.6. The van der Waals surface area contributed by atoms with Gasteiger partial charge in [0.2, 0.25) is 0 Å². The van der Waals surface area contributed by atoms with E-state index in [4.69, 9.17) is 11.5 Å². The summed E-state index contributed by atoms with van der Waals surface area (Å²) in [5.41, 5.74) is 16.6. The summed E-state index contributed by atoms with van der Waals surface area (Å²) in [5.74, 6) is 0. The third kappa shape index (κ3) is 3.29. The Labute approximate surface area is 119 Å². The highest BCUT2D eigenvalue weighted by molar-refractivity contribution is 8.01. The van der Waals surface area contributed by atoms with Crippen LogP contribution in [0.5, 0.6) is 0 Å². The summed E-state index contributed by atoms with van der Waals surface area (Å²) in [7, 11) is 0. The van der Waals surface area contributed by atoms with Crippen LogP contribution in [0.3, 0.4) is 0 Å². The van der Waals surface area contributed by atoms with E-state index in [0.717, 1.165) is 21.8 Å². The average molecular weight is 284 g/mol. The predicted molar refractivity (Wildman–Crippen MR) is 86.7 cm³/mol. The van der Waals surface area contributed by atoms with Crippen molar-refractivity contribution in [3.8, 4) is 0 Å². The van der Waals surface area contributed by atoms with Gasteiger partial charge in [-0.05, 0) is 25.0 Å². The van der Waals surface area contributed by atoms with Crippen LogP contribution in [0.2, 0.25) is 0 Å². The molecule has 0 aromatic heterocycles. The standard InChI is InChI=1S/C14H24N2S2/c1-7(2)17-13-10(6)9(5)11(15)14(12(13)16)18-8(3)4/h7-8H,15-16H2,1-6H3. The lowest BCUT2D eigenvalue weighted by Gasteiger charge is -2.21. The Morgan fingerprint density at radius 3 is 1.61 bits per heavy atom. The van der Waals surface area contributed by atoms with Crippen LogP contribution in [0.1, 0.15) is 38.8 Å². The number of nitrogen functional groups attached to an aromatic ring is 2. The van der Waals surface area contributed by atoms with Gasteiger partial charge in [0.05, 0.1) is 16.3 Å². The molecular formula is C14H24N2S2. The van der Waals surface area contributed by atoms with E-state index in [1.54, 1.807) is 11.8 Å². The minimum atomic E-state index is 0.480. The van der Waals surface area contributed by atoms with Crippen molar-refractivity contribution in [1.82, 2.24) is 0 Å². The van der Waals surface area contributed by atoms with E-state index < -0.39 is 0 Å². The lowest BCUT2D eigenvalue weighted by molar-refractivity contribution is 1.09. The first-order valence-electron chi connectivity index (χ1n) is 6.27. The maximum atomic E-state index is 6.33. The van der Waals surface area contributed by atoms with Crippen LogP contribution in [0.25, 0.3) is 0 Å². The molecule has 102 valence electrons. The van der Waals surface area contributed by atoms with Crippen molar-refractivity contribution >= 4 is 34.9 Å². The van der Waals surface area contributed by atoms with Crippen LogP contribution in [0, 0.1) is 13.8 Å². The molecule has 1 aromatic carbocycles. The Bertz CT molecular complexity index is 403. The molecule has 0 aliphatic heterocycles. The average Bonchev–Trinajstić information content (AvgIpc) is 2.27. The molecule has 1 rings (SSSR count). The molecule has 0 bridgehead atoms. The zero-order valence-electron chi connectivity index (χ0n) is 12.1. The number of hydrogen-bond donors (Lipinski definition) is 2. The highest BCUT2D eigenvalue weighted by atomic mass is 32.2. The number of rotatable bonds is 4. The van der Waals surface area contributed by atoms with Crippen LogP contribution in [0.15, 0.2) is 9.79 Å². The molecule has 0 saturated heterocycles. The molecule has 0 amide bonds. The number of benzene rings is 1. The second-order valence-corrected chi connectivity index (χ2v) is 8.24. The van der Waals surface area contributed by atoms with Gasteiger partial charge in [-0.15, -0.1) is 23.5 Å². The molecule has 0 spiro atoms. The van der Waals surface area contributed by atoms with Crippen molar-refractivity contribution in [1.29, 1.82) is 0 Å². The maximum absolute atomic E-state index is 6.33. The SMILES string of the molecule is Cc1c(C)c(SC(C)C)c(N)c(SC(C)C)c1N. The third-order valence-electron chi connectivity index (χ3n) is 2.75. The number of nitrogens with two attached hydrogens (primary N) is 2. The number of thioether (sulfide) groups is 2. The van der Waals surface area contributed by atoms with Crippen molar-refractivity contribution in [2.45, 2.75) is 61.8 Å². The van der Waals surface area contributed by atoms with Crippen LogP contribution in [-0.2, 0) is 0 Å². The van der Waals surface area contributed by atoms with Crippen molar-refractivity contribution in [3.05, 3.63) is 11.1 Å². The zero-order valence-corrected chi connectivity index (χ0v) is 13.8. The van der Waals surface area contributed by atoms with Gasteiger partial charge in [0.1, 0.15) is 0 Å². The summed E-state index contributed by atoms with van der Waals surface area (Å²) < 4.78 is 0. The molecule has 4 heteroatoms. The molecule has 2 nitrogen and oxygen atoms in total. The summed E-state index contributed by atoms with van der Waals surface area (Å²) in [6, 6.07) is 0. The van der Waals surface area contributed by atoms with Crippen molar-refractivity contribution in [2.75, 3.05) is 11.5 Å². The maximum Gasteiger partial charge on any atom is 0.0614 e. The molecule has 0 radical (unpaired) electrons. The third-order valence-corrected chi connectivity index (χ3v) is 5.13. The van der Waals surface area contributed by atoms with Crippen LogP contribution >= 0.6 is 23.5 Å². The fraction of sp³-hybridized carbons (Fsp3) is 0.571. The Balaban J connectivity index is 3.39. The molecule has 0 aliphatic rings. The van der Waals surface area contributed by atoms with Gasteiger partial charge in [-0.25, -0.2) is 0 Å². The van der Waals surface area contributed by atoms with E-state index in [0.29, 0.717) is 10.5 Å². The molecule has 0 atom stereocenters. The summed E-state index contributed by atoms with van der Waals surface area (Å²) in [6.07, 6.45) is 0. The normalized spacial score (nSPS) is 11.6. The van der Waals surface area contributed by atoms with E-state index in [1.807, 2.05) is 11.8 Å². The van der Waals surface area contributed by atoms with Crippen molar-refractivity contribution < 1.29 is 0 Å². The molecule has 1 aromatic rings. The lowest BCUT2D eigenvalue weighted by Crippen LogP contribution is -2.06. The van der Waals surface area contributed by atoms with E-state index in [2.05, 4.69) is 41.5 Å². The Hall–Kier alpha value is -0.480. The minimum Gasteiger partial charge on any atom is -0.398 e. The van der Waals surface area contributed by atoms with Gasteiger partial charge in [-0.1, -0.05) is 27.7 Å². The van der Waals surface area contributed by atoms with Gasteiger partial charge in [0.25, 0.3) is 0 Å². The fourth-order valence-electron chi connectivity index (χ4n) is 1.74. The van der Waals surface area contributed by atoms with E-state index in [9.17, 15) is 0 Å². The smallest absolute Gasteiger partial charge is 0.0614 e. The molecule has 0 unspecified atom stereocenters.